The second-order valence-corrected chi connectivity index (χ2v) is 5.43. The van der Waals surface area contributed by atoms with E-state index in [4.69, 9.17) is 28.1 Å². The number of anilines is 3. The summed E-state index contributed by atoms with van der Waals surface area (Å²) in [5.74, 6) is -0.0252. The van der Waals surface area contributed by atoms with E-state index >= 15 is 0 Å². The van der Waals surface area contributed by atoms with Gasteiger partial charge in [0.2, 0.25) is 5.91 Å². The van der Waals surface area contributed by atoms with Gasteiger partial charge < -0.3 is 31.8 Å². The number of nitrogens with two attached hydrogens (primary N) is 1. The molecule has 130 valence electrons. The first-order valence-corrected chi connectivity index (χ1v) is 7.78. The highest BCUT2D eigenvalue weighted by atomic mass is 32.1. The average molecular weight is 357 g/mol. The highest BCUT2D eigenvalue weighted by Gasteiger charge is 2.11. The van der Waals surface area contributed by atoms with Gasteiger partial charge in [0.15, 0.2) is 5.11 Å². The van der Waals surface area contributed by atoms with Crippen LogP contribution in [0.4, 0.5) is 17.1 Å². The molecule has 0 aliphatic heterocycles. The Hall–Kier alpha value is -3.13. The molecule has 25 heavy (non-hydrogen) atoms. The van der Waals surface area contributed by atoms with E-state index in [1.54, 1.807) is 25.2 Å². The molecule has 0 fully saturated rings. The lowest BCUT2D eigenvalue weighted by molar-refractivity contribution is 0.100. The molecule has 0 aliphatic rings. The summed E-state index contributed by atoms with van der Waals surface area (Å²) >= 11 is 5.33. The van der Waals surface area contributed by atoms with Crippen LogP contribution in [0.25, 0.3) is 0 Å². The maximum atomic E-state index is 11.4. The van der Waals surface area contributed by atoms with Gasteiger partial charge in [-0.2, -0.15) is 0 Å². The van der Waals surface area contributed by atoms with Crippen LogP contribution in [0.3, 0.4) is 0 Å². The lowest BCUT2D eigenvalue weighted by Gasteiger charge is -2.16. The predicted octanol–water partition coefficient (Wildman–Crippen LogP) is 2.64. The molecule has 0 unspecified atom stereocenters. The van der Waals surface area contributed by atoms with Crippen LogP contribution >= 0.6 is 12.2 Å². The van der Waals surface area contributed by atoms with Crippen LogP contribution in [0, 0.1) is 5.41 Å². The molecule has 1 amide bonds. The minimum absolute atomic E-state index is 0.288. The highest BCUT2D eigenvalue weighted by molar-refractivity contribution is 7.80. The molecule has 2 rings (SSSR count). The quantitative estimate of drug-likeness (QED) is 0.401. The molecular weight excluding hydrogens is 338 g/mol. The van der Waals surface area contributed by atoms with E-state index in [0.717, 1.165) is 5.69 Å². The number of hydrogen-bond donors (Lipinski definition) is 5. The predicted molar refractivity (Wildman–Crippen MR) is 105 cm³/mol. The van der Waals surface area contributed by atoms with Crippen molar-refractivity contribution in [2.24, 2.45) is 5.73 Å². The molecule has 0 heterocycles. The zero-order valence-corrected chi connectivity index (χ0v) is 14.7. The van der Waals surface area contributed by atoms with Crippen LogP contribution in [-0.2, 0) is 0 Å². The monoisotopic (exact) mass is 357 g/mol. The summed E-state index contributed by atoms with van der Waals surface area (Å²) in [6.45, 7) is 0. The molecule has 0 bridgehead atoms. The van der Waals surface area contributed by atoms with E-state index in [2.05, 4.69) is 16.0 Å². The van der Waals surface area contributed by atoms with Gasteiger partial charge >= 0.3 is 0 Å². The molecule has 0 aromatic heterocycles. The van der Waals surface area contributed by atoms with Crippen molar-refractivity contribution < 1.29 is 9.53 Å². The summed E-state index contributed by atoms with van der Waals surface area (Å²) in [7, 11) is 3.30. The van der Waals surface area contributed by atoms with Crippen LogP contribution < -0.4 is 26.4 Å². The van der Waals surface area contributed by atoms with Crippen molar-refractivity contribution in [3.05, 3.63) is 47.5 Å². The van der Waals surface area contributed by atoms with Crippen molar-refractivity contribution in [3.8, 4) is 5.75 Å². The fraction of sp³-hybridized carbons (Fsp3) is 0.118. The van der Waals surface area contributed by atoms with Gasteiger partial charge in [-0.25, -0.2) is 0 Å². The van der Waals surface area contributed by atoms with Gasteiger partial charge in [-0.15, -0.1) is 0 Å². The second-order valence-electron chi connectivity index (χ2n) is 5.02. The number of primary amides is 1. The van der Waals surface area contributed by atoms with Crippen molar-refractivity contribution in [3.63, 3.8) is 0 Å². The fourth-order valence-electron chi connectivity index (χ4n) is 2.28. The Kier molecular flexibility index (Phi) is 5.91. The first-order valence-electron chi connectivity index (χ1n) is 7.37. The number of methoxy groups -OCH3 is 1. The van der Waals surface area contributed by atoms with Crippen molar-refractivity contribution in [2.45, 2.75) is 0 Å². The number of amides is 1. The Morgan fingerprint density at radius 3 is 2.48 bits per heavy atom. The van der Waals surface area contributed by atoms with E-state index in [1.165, 1.54) is 13.3 Å². The number of carbonyl (C=O) groups excluding carboxylic acids is 1. The summed E-state index contributed by atoms with van der Waals surface area (Å²) in [4.78, 5) is 11.4. The first kappa shape index (κ1) is 18.2. The van der Waals surface area contributed by atoms with Crippen LogP contribution in [0.15, 0.2) is 36.4 Å². The molecule has 6 N–H and O–H groups in total. The SMILES string of the molecule is CNc1cccc(NC(=S)Nc2cc(C(N)=O)ccc2OC)c1C=N. The maximum Gasteiger partial charge on any atom is 0.248 e. The van der Waals surface area contributed by atoms with E-state index in [-0.39, 0.29) is 5.11 Å². The molecule has 0 atom stereocenters. The number of thiocarbonyl (C=S) groups is 1. The number of carbonyl (C=O) groups is 1. The van der Waals surface area contributed by atoms with Crippen molar-refractivity contribution in [1.82, 2.24) is 0 Å². The largest absolute Gasteiger partial charge is 0.495 e. The molecule has 0 aliphatic carbocycles. The average Bonchev–Trinajstić information content (AvgIpc) is 2.61. The summed E-state index contributed by atoms with van der Waals surface area (Å²) in [6.07, 6.45) is 1.24. The van der Waals surface area contributed by atoms with Crippen molar-refractivity contribution in [1.29, 1.82) is 5.41 Å². The number of nitrogens with one attached hydrogen (secondary N) is 4. The second kappa shape index (κ2) is 8.11. The van der Waals surface area contributed by atoms with Crippen molar-refractivity contribution >= 4 is 46.5 Å². The highest BCUT2D eigenvalue weighted by Crippen LogP contribution is 2.26. The molecule has 0 spiro atoms. The Morgan fingerprint density at radius 1 is 1.20 bits per heavy atom. The number of benzene rings is 2. The standard InChI is InChI=1S/C17H19N5O2S/c1-20-12-4-3-5-13(11(12)9-18)21-17(25)22-14-8-10(16(19)23)6-7-15(14)24-2/h3-9,18,20H,1-2H3,(H2,19,23)(H2,21,22,25). The minimum Gasteiger partial charge on any atom is -0.495 e. The molecule has 2 aromatic rings. The Bertz CT molecular complexity index is 823. The Morgan fingerprint density at radius 2 is 1.88 bits per heavy atom. The molecule has 2 aromatic carbocycles. The lowest BCUT2D eigenvalue weighted by Crippen LogP contribution is -2.21. The van der Waals surface area contributed by atoms with Crippen molar-refractivity contribution in [2.75, 3.05) is 30.1 Å². The summed E-state index contributed by atoms with van der Waals surface area (Å²) < 4.78 is 5.26. The molecule has 0 saturated heterocycles. The van der Waals surface area contributed by atoms with E-state index in [0.29, 0.717) is 28.3 Å². The van der Waals surface area contributed by atoms with Crippen LogP contribution in [-0.4, -0.2) is 31.4 Å². The van der Waals surface area contributed by atoms with Gasteiger partial charge in [-0.1, -0.05) is 6.07 Å². The zero-order valence-electron chi connectivity index (χ0n) is 13.8. The summed E-state index contributed by atoms with van der Waals surface area (Å²) in [5.41, 5.74) is 8.30. The molecule has 7 nitrogen and oxygen atoms in total. The third-order valence-corrected chi connectivity index (χ3v) is 3.70. The third-order valence-electron chi connectivity index (χ3n) is 3.50. The number of ether oxygens (including phenoxy) is 1. The summed E-state index contributed by atoms with van der Waals surface area (Å²) in [5, 5.41) is 16.9. The molecule has 8 heteroatoms. The Balaban J connectivity index is 2.25. The molecule has 0 radical (unpaired) electrons. The van der Waals surface area contributed by atoms with Gasteiger partial charge in [0.1, 0.15) is 5.75 Å². The molecular formula is C17H19N5O2S. The van der Waals surface area contributed by atoms with Crippen LogP contribution in [0.5, 0.6) is 5.75 Å². The topological polar surface area (TPSA) is 112 Å². The Labute approximate surface area is 151 Å². The first-order chi connectivity index (χ1) is 12.0. The maximum absolute atomic E-state index is 11.4. The normalized spacial score (nSPS) is 9.84. The number of hydrogen-bond acceptors (Lipinski definition) is 5. The smallest absolute Gasteiger partial charge is 0.248 e. The van der Waals surface area contributed by atoms with Gasteiger partial charge in [0.05, 0.1) is 18.5 Å². The lowest BCUT2D eigenvalue weighted by atomic mass is 10.1. The van der Waals surface area contributed by atoms with Crippen LogP contribution in [0.2, 0.25) is 0 Å². The minimum atomic E-state index is -0.544. The molecule has 0 saturated carbocycles. The number of rotatable bonds is 6. The summed E-state index contributed by atoms with van der Waals surface area (Å²) in [6, 6.07) is 10.3. The zero-order chi connectivity index (χ0) is 18.4. The van der Waals surface area contributed by atoms with Gasteiger partial charge in [0.25, 0.3) is 0 Å². The van der Waals surface area contributed by atoms with E-state index < -0.39 is 5.91 Å². The van der Waals surface area contributed by atoms with E-state index in [9.17, 15) is 4.79 Å². The van der Waals surface area contributed by atoms with Gasteiger partial charge in [0, 0.05) is 30.1 Å². The van der Waals surface area contributed by atoms with Gasteiger partial charge in [-0.3, -0.25) is 4.79 Å². The van der Waals surface area contributed by atoms with Crippen LogP contribution in [0.1, 0.15) is 15.9 Å². The fourth-order valence-corrected chi connectivity index (χ4v) is 2.50. The van der Waals surface area contributed by atoms with Gasteiger partial charge in [-0.05, 0) is 42.5 Å². The third kappa shape index (κ3) is 4.24. The van der Waals surface area contributed by atoms with E-state index in [1.807, 2.05) is 18.2 Å².